The van der Waals surface area contributed by atoms with E-state index in [2.05, 4.69) is 24.2 Å². The molecule has 0 bridgehead atoms. The maximum atomic E-state index is 12.2. The van der Waals surface area contributed by atoms with Crippen LogP contribution in [0.1, 0.15) is 54.6 Å². The van der Waals surface area contributed by atoms with E-state index in [9.17, 15) is 29.4 Å². The van der Waals surface area contributed by atoms with E-state index in [1.165, 1.54) is 18.2 Å². The zero-order chi connectivity index (χ0) is 23.2. The molecule has 0 radical (unpaired) electrons. The van der Waals surface area contributed by atoms with E-state index in [0.717, 1.165) is 18.4 Å². The van der Waals surface area contributed by atoms with Gasteiger partial charge in [-0.2, -0.15) is 0 Å². The minimum atomic E-state index is -2.49. The van der Waals surface area contributed by atoms with Gasteiger partial charge in [0.15, 0.2) is 0 Å². The fourth-order valence-electron chi connectivity index (χ4n) is 3.83. The maximum Gasteiger partial charge on any atom is 0.351 e. The average Bonchev–Trinajstić information content (AvgIpc) is 3.11. The van der Waals surface area contributed by atoms with Gasteiger partial charge in [0.2, 0.25) is 17.1 Å². The second-order valence-corrected chi connectivity index (χ2v) is 8.60. The molecule has 0 spiro atoms. The maximum absolute atomic E-state index is 12.2. The van der Waals surface area contributed by atoms with Crippen LogP contribution in [0.5, 0.6) is 0 Å². The summed E-state index contributed by atoms with van der Waals surface area (Å²) in [4.78, 5) is 51.7. The topological polar surface area (TPSA) is 185 Å². The smallest absolute Gasteiger partial charge is 0.351 e. The number of nitrogens with zero attached hydrogens (tertiary/aromatic N) is 1. The van der Waals surface area contributed by atoms with Crippen LogP contribution in [0.25, 0.3) is 5.57 Å². The molecule has 0 aromatic heterocycles. The van der Waals surface area contributed by atoms with Gasteiger partial charge in [0, 0.05) is 17.3 Å². The average molecular weight is 428 g/mol. The van der Waals surface area contributed by atoms with Crippen molar-refractivity contribution in [3.05, 3.63) is 41.0 Å². The Hall–Kier alpha value is -3.53. The van der Waals surface area contributed by atoms with Crippen molar-refractivity contribution in [3.8, 4) is 0 Å². The molecule has 164 valence electrons. The lowest BCUT2D eigenvalue weighted by atomic mass is 9.76. The first-order chi connectivity index (χ1) is 14.3. The Bertz CT molecular complexity index is 1040. The SMILES string of the molecule is CC1(C)CC=C(c2cc(C3(C(=O)O)N=CC(C(N)=O)(C(=O)O)N3)ccc2C(N)=O)CC1. The molecule has 31 heavy (non-hydrogen) atoms. The Kier molecular flexibility index (Phi) is 5.23. The number of primary amides is 2. The number of benzene rings is 1. The minimum Gasteiger partial charge on any atom is -0.479 e. The fourth-order valence-corrected chi connectivity index (χ4v) is 3.83. The summed E-state index contributed by atoms with van der Waals surface area (Å²) >= 11 is 0. The number of nitrogens with two attached hydrogens (primary N) is 2. The van der Waals surface area contributed by atoms with Crippen molar-refractivity contribution in [1.82, 2.24) is 5.32 Å². The van der Waals surface area contributed by atoms with Crippen LogP contribution in [0.15, 0.2) is 29.3 Å². The number of aliphatic carboxylic acids is 2. The number of nitrogens with one attached hydrogen (secondary N) is 1. The number of carboxylic acids is 2. The number of carbonyl (C=O) groups is 4. The van der Waals surface area contributed by atoms with Crippen LogP contribution >= 0.6 is 0 Å². The normalized spacial score (nSPS) is 26.8. The van der Waals surface area contributed by atoms with E-state index in [1.807, 2.05) is 6.08 Å². The molecule has 1 heterocycles. The third kappa shape index (κ3) is 3.59. The molecule has 0 saturated carbocycles. The predicted octanol–water partition coefficient (Wildman–Crippen LogP) is 0.599. The van der Waals surface area contributed by atoms with Crippen molar-refractivity contribution >= 4 is 35.5 Å². The van der Waals surface area contributed by atoms with Crippen LogP contribution in [0.4, 0.5) is 0 Å². The molecule has 1 aliphatic heterocycles. The zero-order valence-electron chi connectivity index (χ0n) is 17.1. The molecule has 1 aromatic rings. The number of hydrogen-bond acceptors (Lipinski definition) is 6. The fraction of sp³-hybridized carbons (Fsp3) is 0.381. The Morgan fingerprint density at radius 1 is 1.10 bits per heavy atom. The molecule has 1 aromatic carbocycles. The number of allylic oxidation sites excluding steroid dienone is 2. The molecule has 0 saturated heterocycles. The molecule has 2 atom stereocenters. The van der Waals surface area contributed by atoms with Crippen molar-refractivity contribution in [2.75, 3.05) is 0 Å². The van der Waals surface area contributed by atoms with Gasteiger partial charge in [0.1, 0.15) is 0 Å². The predicted molar refractivity (Wildman–Crippen MR) is 111 cm³/mol. The van der Waals surface area contributed by atoms with Crippen LogP contribution in [-0.2, 0) is 20.0 Å². The van der Waals surface area contributed by atoms with Crippen LogP contribution in [0.2, 0.25) is 0 Å². The molecular weight excluding hydrogens is 404 g/mol. The van der Waals surface area contributed by atoms with Crippen molar-refractivity contribution in [2.45, 2.75) is 44.3 Å². The highest BCUT2D eigenvalue weighted by molar-refractivity contribution is 6.22. The first-order valence-electron chi connectivity index (χ1n) is 9.61. The molecule has 3 rings (SSSR count). The zero-order valence-corrected chi connectivity index (χ0v) is 17.1. The molecular formula is C21H24N4O6. The molecule has 10 nitrogen and oxygen atoms in total. The van der Waals surface area contributed by atoms with Crippen LogP contribution < -0.4 is 16.8 Å². The van der Waals surface area contributed by atoms with Crippen LogP contribution in [0.3, 0.4) is 0 Å². The molecule has 2 amide bonds. The van der Waals surface area contributed by atoms with Crippen LogP contribution in [-0.4, -0.2) is 45.7 Å². The number of carbonyl (C=O) groups excluding carboxylic acids is 2. The van der Waals surface area contributed by atoms with E-state index < -0.39 is 35.0 Å². The summed E-state index contributed by atoms with van der Waals surface area (Å²) in [5.74, 6) is -5.21. The lowest BCUT2D eigenvalue weighted by Crippen LogP contribution is -2.65. The van der Waals surface area contributed by atoms with Crippen LogP contribution in [0, 0.1) is 5.41 Å². The lowest BCUT2D eigenvalue weighted by Gasteiger charge is -2.31. The third-order valence-corrected chi connectivity index (χ3v) is 5.89. The lowest BCUT2D eigenvalue weighted by molar-refractivity contribution is -0.149. The first-order valence-corrected chi connectivity index (χ1v) is 9.61. The van der Waals surface area contributed by atoms with Gasteiger partial charge in [-0.1, -0.05) is 26.0 Å². The van der Waals surface area contributed by atoms with Gasteiger partial charge in [-0.3, -0.25) is 19.9 Å². The van der Waals surface area contributed by atoms with Gasteiger partial charge < -0.3 is 21.7 Å². The summed E-state index contributed by atoms with van der Waals surface area (Å²) < 4.78 is 0. The quantitative estimate of drug-likeness (QED) is 0.410. The number of aliphatic imine (C=N–C) groups is 1. The van der Waals surface area contributed by atoms with E-state index in [0.29, 0.717) is 18.2 Å². The van der Waals surface area contributed by atoms with E-state index in [4.69, 9.17) is 11.5 Å². The molecule has 2 aliphatic rings. The number of rotatable bonds is 6. The largest absolute Gasteiger partial charge is 0.479 e. The van der Waals surface area contributed by atoms with Gasteiger partial charge in [0.05, 0.1) is 0 Å². The van der Waals surface area contributed by atoms with Gasteiger partial charge in [-0.25, -0.2) is 9.59 Å². The number of hydrogen-bond donors (Lipinski definition) is 5. The highest BCUT2D eigenvalue weighted by Crippen LogP contribution is 2.40. The Morgan fingerprint density at radius 3 is 2.23 bits per heavy atom. The molecule has 10 heteroatoms. The minimum absolute atomic E-state index is 0.0337. The second kappa shape index (κ2) is 7.31. The highest BCUT2D eigenvalue weighted by atomic mass is 16.4. The van der Waals surface area contributed by atoms with Gasteiger partial charge in [0.25, 0.3) is 5.91 Å². The molecule has 0 fully saturated rings. The third-order valence-electron chi connectivity index (χ3n) is 5.89. The monoisotopic (exact) mass is 428 g/mol. The van der Waals surface area contributed by atoms with E-state index in [-0.39, 0.29) is 16.5 Å². The second-order valence-electron chi connectivity index (χ2n) is 8.60. The number of amides is 2. The van der Waals surface area contributed by atoms with Gasteiger partial charge in [-0.05, 0) is 47.9 Å². The Balaban J connectivity index is 2.16. The standard InChI is InChI=1S/C21H24N4O6/c1-19(2)7-5-11(6-8-19)14-9-12(3-4-13(14)15(22)26)21(18(30)31)24-10-20(25-21,16(23)27)17(28)29/h3-5,9-10,25H,6-8H2,1-2H3,(H2,22,26)(H2,23,27)(H,28,29)(H,30,31). The molecule has 2 unspecified atom stereocenters. The van der Waals surface area contributed by atoms with Crippen molar-refractivity contribution in [2.24, 2.45) is 21.9 Å². The summed E-state index contributed by atoms with van der Waals surface area (Å²) in [6, 6.07) is 4.14. The Morgan fingerprint density at radius 2 is 1.77 bits per heavy atom. The highest BCUT2D eigenvalue weighted by Gasteiger charge is 2.58. The summed E-state index contributed by atoms with van der Waals surface area (Å²) in [5.41, 5.74) is 7.59. The van der Waals surface area contributed by atoms with Gasteiger partial charge >= 0.3 is 11.9 Å². The van der Waals surface area contributed by atoms with Crippen molar-refractivity contribution in [3.63, 3.8) is 0 Å². The summed E-state index contributed by atoms with van der Waals surface area (Å²) in [7, 11) is 0. The molecule has 1 aliphatic carbocycles. The first kappa shape index (κ1) is 22.2. The molecule has 7 N–H and O–H groups in total. The van der Waals surface area contributed by atoms with E-state index >= 15 is 0 Å². The number of carboxylic acid groups (broad SMARTS) is 2. The summed E-state index contributed by atoms with van der Waals surface area (Å²) in [5, 5.41) is 21.7. The Labute approximate surface area is 178 Å². The van der Waals surface area contributed by atoms with E-state index in [1.54, 1.807) is 0 Å². The van der Waals surface area contributed by atoms with Gasteiger partial charge in [-0.15, -0.1) is 0 Å². The summed E-state index contributed by atoms with van der Waals surface area (Å²) in [6.07, 6.45) is 4.93. The van der Waals surface area contributed by atoms with Crippen molar-refractivity contribution in [1.29, 1.82) is 0 Å². The summed E-state index contributed by atoms with van der Waals surface area (Å²) in [6.45, 7) is 4.25. The van der Waals surface area contributed by atoms with Crippen molar-refractivity contribution < 1.29 is 29.4 Å².